The number of esters is 1. The van der Waals surface area contributed by atoms with Crippen molar-refractivity contribution in [2.45, 2.75) is 58.7 Å². The normalized spacial score (nSPS) is 27.4. The lowest BCUT2D eigenvalue weighted by Gasteiger charge is -2.34. The van der Waals surface area contributed by atoms with E-state index in [1.165, 1.54) is 4.90 Å². The number of nitrogens with one attached hydrogen (secondary N) is 1. The molecule has 1 aliphatic carbocycles. The molecule has 3 rings (SSSR count). The number of carbonyl (C=O) groups is 3. The van der Waals surface area contributed by atoms with Gasteiger partial charge in [0.1, 0.15) is 6.04 Å². The highest BCUT2D eigenvalue weighted by molar-refractivity contribution is 5.96. The standard InChI is InChI=1S/C26H36N2O5/c1-5-18-12-13-20-22(21(18)26(32)33-6-2)25(31)28(23(20)24(30)27-16(3)4)19(15-29)14-17-10-8-7-9-11-17/h7-13,16,18-23,29H,5-6,14-15H2,1-4H3,(H,27,30)/t18-,19-,20+,21-,22+,23+/m1/s1. The Balaban J connectivity index is 2.04. The molecule has 6 atom stereocenters. The van der Waals surface area contributed by atoms with Gasteiger partial charge in [-0.2, -0.15) is 0 Å². The molecule has 33 heavy (non-hydrogen) atoms. The van der Waals surface area contributed by atoms with Crippen LogP contribution in [-0.4, -0.2) is 59.1 Å². The van der Waals surface area contributed by atoms with Crippen LogP contribution in [0.4, 0.5) is 0 Å². The molecule has 1 aliphatic heterocycles. The zero-order valence-corrected chi connectivity index (χ0v) is 19.9. The number of nitrogens with zero attached hydrogens (tertiary/aromatic N) is 1. The summed E-state index contributed by atoms with van der Waals surface area (Å²) in [6, 6.07) is 8.12. The topological polar surface area (TPSA) is 95.9 Å². The van der Waals surface area contributed by atoms with Crippen LogP contribution >= 0.6 is 0 Å². The van der Waals surface area contributed by atoms with E-state index in [1.807, 2.05) is 63.3 Å². The summed E-state index contributed by atoms with van der Waals surface area (Å²) in [6.45, 7) is 7.42. The second-order valence-corrected chi connectivity index (χ2v) is 9.22. The summed E-state index contributed by atoms with van der Waals surface area (Å²) < 4.78 is 5.35. The van der Waals surface area contributed by atoms with Gasteiger partial charge in [-0.1, -0.05) is 49.4 Å². The van der Waals surface area contributed by atoms with Crippen molar-refractivity contribution >= 4 is 17.8 Å². The molecule has 1 aromatic carbocycles. The van der Waals surface area contributed by atoms with E-state index in [2.05, 4.69) is 5.32 Å². The van der Waals surface area contributed by atoms with Crippen molar-refractivity contribution < 1.29 is 24.2 Å². The van der Waals surface area contributed by atoms with E-state index in [4.69, 9.17) is 4.74 Å². The third-order valence-electron chi connectivity index (χ3n) is 6.70. The van der Waals surface area contributed by atoms with E-state index in [0.717, 1.165) is 5.56 Å². The Morgan fingerprint density at radius 3 is 2.42 bits per heavy atom. The van der Waals surface area contributed by atoms with Gasteiger partial charge < -0.3 is 20.1 Å². The fourth-order valence-corrected chi connectivity index (χ4v) is 5.30. The Kier molecular flexibility index (Phi) is 8.30. The lowest BCUT2D eigenvalue weighted by molar-refractivity contribution is -0.156. The Morgan fingerprint density at radius 2 is 1.85 bits per heavy atom. The monoisotopic (exact) mass is 456 g/mol. The van der Waals surface area contributed by atoms with Crippen molar-refractivity contribution in [3.8, 4) is 0 Å². The maximum atomic E-state index is 13.9. The number of carbonyl (C=O) groups excluding carboxylic acids is 3. The van der Waals surface area contributed by atoms with Crippen LogP contribution in [0.2, 0.25) is 0 Å². The van der Waals surface area contributed by atoms with Crippen LogP contribution in [0.15, 0.2) is 42.5 Å². The number of fused-ring (bicyclic) bond motifs is 1. The van der Waals surface area contributed by atoms with Gasteiger partial charge in [0.2, 0.25) is 11.8 Å². The molecule has 0 bridgehead atoms. The molecule has 2 amide bonds. The van der Waals surface area contributed by atoms with E-state index < -0.39 is 35.8 Å². The number of benzene rings is 1. The highest BCUT2D eigenvalue weighted by Gasteiger charge is 2.58. The Labute approximate surface area is 196 Å². The zero-order valence-electron chi connectivity index (χ0n) is 19.9. The number of ether oxygens (including phenoxy) is 1. The number of hydrogen-bond donors (Lipinski definition) is 2. The highest BCUT2D eigenvalue weighted by Crippen LogP contribution is 2.46. The van der Waals surface area contributed by atoms with Crippen LogP contribution in [-0.2, 0) is 25.5 Å². The third-order valence-corrected chi connectivity index (χ3v) is 6.70. The zero-order chi connectivity index (χ0) is 24.1. The molecule has 7 nitrogen and oxygen atoms in total. The molecule has 0 spiro atoms. The first-order chi connectivity index (χ1) is 15.8. The number of aliphatic hydroxyl groups excluding tert-OH is 1. The molecule has 1 fully saturated rings. The second kappa shape index (κ2) is 11.0. The highest BCUT2D eigenvalue weighted by atomic mass is 16.5. The van der Waals surface area contributed by atoms with E-state index in [1.54, 1.807) is 6.92 Å². The summed E-state index contributed by atoms with van der Waals surface area (Å²) in [7, 11) is 0. The quantitative estimate of drug-likeness (QED) is 0.439. The average Bonchev–Trinajstić information content (AvgIpc) is 3.09. The van der Waals surface area contributed by atoms with Crippen LogP contribution in [0.1, 0.15) is 39.7 Å². The average molecular weight is 457 g/mol. The largest absolute Gasteiger partial charge is 0.466 e. The molecule has 2 N–H and O–H groups in total. The van der Waals surface area contributed by atoms with Gasteiger partial charge in [0.15, 0.2) is 0 Å². The number of likely N-dealkylation sites (tertiary alicyclic amines) is 1. The van der Waals surface area contributed by atoms with E-state index in [0.29, 0.717) is 12.8 Å². The van der Waals surface area contributed by atoms with Crippen LogP contribution < -0.4 is 5.32 Å². The van der Waals surface area contributed by atoms with E-state index in [9.17, 15) is 19.5 Å². The van der Waals surface area contributed by atoms with Gasteiger partial charge in [0.05, 0.1) is 31.1 Å². The van der Waals surface area contributed by atoms with Crippen LogP contribution in [0.25, 0.3) is 0 Å². The second-order valence-electron chi connectivity index (χ2n) is 9.22. The van der Waals surface area contributed by atoms with Gasteiger partial charge in [0, 0.05) is 12.0 Å². The number of rotatable bonds is 9. The van der Waals surface area contributed by atoms with Crippen molar-refractivity contribution in [3.05, 3.63) is 48.0 Å². The number of amides is 2. The van der Waals surface area contributed by atoms with Gasteiger partial charge in [-0.15, -0.1) is 0 Å². The Hall–Kier alpha value is -2.67. The van der Waals surface area contributed by atoms with Crippen molar-refractivity contribution in [2.75, 3.05) is 13.2 Å². The van der Waals surface area contributed by atoms with Crippen molar-refractivity contribution in [3.63, 3.8) is 0 Å². The van der Waals surface area contributed by atoms with Gasteiger partial charge >= 0.3 is 5.97 Å². The summed E-state index contributed by atoms with van der Waals surface area (Å²) in [5.41, 5.74) is 0.964. The minimum absolute atomic E-state index is 0.105. The smallest absolute Gasteiger partial charge is 0.310 e. The minimum Gasteiger partial charge on any atom is -0.466 e. The first kappa shape index (κ1) is 25.0. The Morgan fingerprint density at radius 1 is 1.15 bits per heavy atom. The summed E-state index contributed by atoms with van der Waals surface area (Å²) in [4.78, 5) is 41.8. The number of allylic oxidation sites excluding steroid dienone is 1. The predicted molar refractivity (Wildman–Crippen MR) is 125 cm³/mol. The molecule has 0 radical (unpaired) electrons. The molecule has 1 aromatic rings. The van der Waals surface area contributed by atoms with Crippen LogP contribution in [0.5, 0.6) is 0 Å². The van der Waals surface area contributed by atoms with E-state index >= 15 is 0 Å². The maximum Gasteiger partial charge on any atom is 0.310 e. The molecule has 0 unspecified atom stereocenters. The van der Waals surface area contributed by atoms with Crippen LogP contribution in [0, 0.1) is 23.7 Å². The molecule has 180 valence electrons. The summed E-state index contributed by atoms with van der Waals surface area (Å²) in [5.74, 6) is -2.85. The van der Waals surface area contributed by atoms with Gasteiger partial charge in [0.25, 0.3) is 0 Å². The minimum atomic E-state index is -0.795. The summed E-state index contributed by atoms with van der Waals surface area (Å²) in [6.07, 6.45) is 4.99. The number of aliphatic hydroxyl groups is 1. The van der Waals surface area contributed by atoms with Gasteiger partial charge in [-0.05, 0) is 45.1 Å². The SMILES string of the molecule is CCOC(=O)[C@H]1[C@H]2C(=O)N([C@@H](CO)Cc3ccccc3)[C@H](C(=O)NC(C)C)[C@H]2C=C[C@H]1CC. The first-order valence-electron chi connectivity index (χ1n) is 12.0. The maximum absolute atomic E-state index is 13.9. The molecular weight excluding hydrogens is 420 g/mol. The fourth-order valence-electron chi connectivity index (χ4n) is 5.30. The summed E-state index contributed by atoms with van der Waals surface area (Å²) in [5, 5.41) is 13.2. The van der Waals surface area contributed by atoms with Crippen molar-refractivity contribution in [1.29, 1.82) is 0 Å². The molecule has 7 heteroatoms. The lowest BCUT2D eigenvalue weighted by Crippen LogP contribution is -2.54. The molecule has 1 saturated heterocycles. The van der Waals surface area contributed by atoms with Crippen LogP contribution in [0.3, 0.4) is 0 Å². The van der Waals surface area contributed by atoms with Crippen molar-refractivity contribution in [2.24, 2.45) is 23.7 Å². The number of hydrogen-bond acceptors (Lipinski definition) is 5. The lowest BCUT2D eigenvalue weighted by atomic mass is 9.69. The van der Waals surface area contributed by atoms with Gasteiger partial charge in [-0.25, -0.2) is 0 Å². The van der Waals surface area contributed by atoms with Gasteiger partial charge in [-0.3, -0.25) is 14.4 Å². The van der Waals surface area contributed by atoms with E-state index in [-0.39, 0.29) is 37.0 Å². The van der Waals surface area contributed by atoms with Crippen molar-refractivity contribution in [1.82, 2.24) is 10.2 Å². The molecule has 0 saturated carbocycles. The Bertz CT molecular complexity index is 869. The first-order valence-corrected chi connectivity index (χ1v) is 12.0. The molecule has 1 heterocycles. The molecule has 0 aromatic heterocycles. The molecular formula is C26H36N2O5. The summed E-state index contributed by atoms with van der Waals surface area (Å²) >= 11 is 0. The molecule has 2 aliphatic rings. The predicted octanol–water partition coefficient (Wildman–Crippen LogP) is 2.33. The third kappa shape index (κ3) is 5.13. The fraction of sp³-hybridized carbons (Fsp3) is 0.577.